The molecule has 2 rings (SSSR count). The minimum absolute atomic E-state index is 0.0922. The van der Waals surface area contributed by atoms with Gasteiger partial charge >= 0.3 is 6.03 Å². The Morgan fingerprint density at radius 2 is 2.47 bits per heavy atom. The van der Waals surface area contributed by atoms with E-state index in [9.17, 15) is 4.79 Å². The maximum Gasteiger partial charge on any atom is 0.317 e. The fourth-order valence-corrected chi connectivity index (χ4v) is 3.05. The molecule has 1 unspecified atom stereocenters. The molecule has 0 aliphatic carbocycles. The van der Waals surface area contributed by atoms with Gasteiger partial charge in [-0.1, -0.05) is 19.9 Å². The highest BCUT2D eigenvalue weighted by atomic mass is 32.1. The first kappa shape index (κ1) is 12.4. The molecule has 1 aromatic heterocycles. The van der Waals surface area contributed by atoms with Crippen LogP contribution in [-0.2, 0) is 0 Å². The van der Waals surface area contributed by atoms with Crippen molar-refractivity contribution >= 4 is 17.4 Å². The van der Waals surface area contributed by atoms with Crippen LogP contribution in [0.1, 0.15) is 37.6 Å². The third kappa shape index (κ3) is 3.00. The number of carbonyl (C=O) groups is 1. The van der Waals surface area contributed by atoms with E-state index in [1.165, 1.54) is 4.88 Å². The summed E-state index contributed by atoms with van der Waals surface area (Å²) in [4.78, 5) is 15.4. The SMILES string of the molecule is CC(C)CNC(=O)N1CCCC1c1cccs1. The van der Waals surface area contributed by atoms with Crippen molar-refractivity contribution in [1.82, 2.24) is 10.2 Å². The maximum absolute atomic E-state index is 12.1. The molecule has 1 atom stereocenters. The largest absolute Gasteiger partial charge is 0.338 e. The van der Waals surface area contributed by atoms with E-state index in [-0.39, 0.29) is 6.03 Å². The molecule has 17 heavy (non-hydrogen) atoms. The Labute approximate surface area is 107 Å². The molecule has 1 aromatic rings. The van der Waals surface area contributed by atoms with Crippen LogP contribution in [0, 0.1) is 5.92 Å². The second-order valence-corrected chi connectivity index (χ2v) is 5.93. The molecule has 1 fully saturated rings. The Kier molecular flexibility index (Phi) is 4.05. The number of amides is 2. The lowest BCUT2D eigenvalue weighted by Crippen LogP contribution is -2.40. The van der Waals surface area contributed by atoms with Crippen molar-refractivity contribution in [2.24, 2.45) is 5.92 Å². The molecule has 94 valence electrons. The average Bonchev–Trinajstić information content (AvgIpc) is 2.94. The summed E-state index contributed by atoms with van der Waals surface area (Å²) in [6.07, 6.45) is 2.20. The van der Waals surface area contributed by atoms with Crippen LogP contribution < -0.4 is 5.32 Å². The van der Waals surface area contributed by atoms with Crippen molar-refractivity contribution in [3.63, 3.8) is 0 Å². The van der Waals surface area contributed by atoms with Gasteiger partial charge in [0.25, 0.3) is 0 Å². The highest BCUT2D eigenvalue weighted by Crippen LogP contribution is 2.34. The molecule has 1 N–H and O–H groups in total. The summed E-state index contributed by atoms with van der Waals surface area (Å²) >= 11 is 1.74. The lowest BCUT2D eigenvalue weighted by molar-refractivity contribution is 0.192. The second-order valence-electron chi connectivity index (χ2n) is 4.95. The molecule has 0 saturated carbocycles. The van der Waals surface area contributed by atoms with Gasteiger partial charge in [-0.15, -0.1) is 11.3 Å². The van der Waals surface area contributed by atoms with Crippen molar-refractivity contribution in [3.05, 3.63) is 22.4 Å². The van der Waals surface area contributed by atoms with E-state index in [1.54, 1.807) is 11.3 Å². The normalized spacial score (nSPS) is 19.9. The van der Waals surface area contributed by atoms with Crippen molar-refractivity contribution < 1.29 is 4.79 Å². The first-order chi connectivity index (χ1) is 8.18. The van der Waals surface area contributed by atoms with Crippen LogP contribution >= 0.6 is 11.3 Å². The van der Waals surface area contributed by atoms with Gasteiger partial charge in [0, 0.05) is 18.0 Å². The van der Waals surface area contributed by atoms with Gasteiger partial charge < -0.3 is 10.2 Å². The highest BCUT2D eigenvalue weighted by molar-refractivity contribution is 7.10. The van der Waals surface area contributed by atoms with Crippen LogP contribution in [0.4, 0.5) is 4.79 Å². The minimum Gasteiger partial charge on any atom is -0.338 e. The topological polar surface area (TPSA) is 32.3 Å². The molecule has 2 amide bonds. The lowest BCUT2D eigenvalue weighted by Gasteiger charge is -2.24. The van der Waals surface area contributed by atoms with E-state index in [1.807, 2.05) is 4.90 Å². The van der Waals surface area contributed by atoms with Crippen LogP contribution in [-0.4, -0.2) is 24.0 Å². The zero-order chi connectivity index (χ0) is 12.3. The third-order valence-electron chi connectivity index (χ3n) is 3.05. The van der Waals surface area contributed by atoms with Crippen LogP contribution in [0.5, 0.6) is 0 Å². The van der Waals surface area contributed by atoms with E-state index in [2.05, 4.69) is 36.7 Å². The van der Waals surface area contributed by atoms with Gasteiger partial charge in [-0.25, -0.2) is 4.79 Å². The van der Waals surface area contributed by atoms with Gasteiger partial charge in [-0.3, -0.25) is 0 Å². The monoisotopic (exact) mass is 252 g/mol. The Hall–Kier alpha value is -1.03. The predicted molar refractivity (Wildman–Crippen MR) is 71.2 cm³/mol. The average molecular weight is 252 g/mol. The first-order valence-corrected chi connectivity index (χ1v) is 7.14. The summed E-state index contributed by atoms with van der Waals surface area (Å²) in [5.41, 5.74) is 0. The van der Waals surface area contributed by atoms with Crippen molar-refractivity contribution in [1.29, 1.82) is 0 Å². The lowest BCUT2D eigenvalue weighted by atomic mass is 10.2. The predicted octanol–water partition coefficient (Wildman–Crippen LogP) is 3.25. The molecule has 0 bridgehead atoms. The smallest absolute Gasteiger partial charge is 0.317 e. The van der Waals surface area contributed by atoms with Crippen LogP contribution in [0.15, 0.2) is 17.5 Å². The van der Waals surface area contributed by atoms with E-state index in [0.29, 0.717) is 12.0 Å². The number of likely N-dealkylation sites (tertiary alicyclic amines) is 1. The summed E-state index contributed by atoms with van der Waals surface area (Å²) in [6, 6.07) is 4.57. The zero-order valence-corrected chi connectivity index (χ0v) is 11.3. The molecule has 0 spiro atoms. The number of carbonyl (C=O) groups excluding carboxylic acids is 1. The first-order valence-electron chi connectivity index (χ1n) is 6.26. The van der Waals surface area contributed by atoms with Gasteiger partial charge in [-0.05, 0) is 30.2 Å². The highest BCUT2D eigenvalue weighted by Gasteiger charge is 2.30. The Balaban J connectivity index is 1.97. The number of nitrogens with zero attached hydrogens (tertiary/aromatic N) is 1. The maximum atomic E-state index is 12.1. The van der Waals surface area contributed by atoms with Crippen LogP contribution in [0.25, 0.3) is 0 Å². The summed E-state index contributed by atoms with van der Waals surface area (Å²) < 4.78 is 0. The summed E-state index contributed by atoms with van der Waals surface area (Å²) in [5.74, 6) is 0.502. The number of hydrogen-bond donors (Lipinski definition) is 1. The van der Waals surface area contributed by atoms with Gasteiger partial charge in [0.2, 0.25) is 0 Å². The third-order valence-corrected chi connectivity index (χ3v) is 4.02. The molecule has 0 aromatic carbocycles. The fraction of sp³-hybridized carbons (Fsp3) is 0.615. The zero-order valence-electron chi connectivity index (χ0n) is 10.5. The number of urea groups is 1. The molecule has 2 heterocycles. The number of hydrogen-bond acceptors (Lipinski definition) is 2. The Morgan fingerprint density at radius 1 is 1.65 bits per heavy atom. The van der Waals surface area contributed by atoms with Crippen LogP contribution in [0.2, 0.25) is 0 Å². The molecule has 0 radical (unpaired) electrons. The second kappa shape index (κ2) is 5.54. The number of nitrogens with one attached hydrogen (secondary N) is 1. The van der Waals surface area contributed by atoms with Crippen molar-refractivity contribution in [2.75, 3.05) is 13.1 Å². The molecular formula is C13H20N2OS. The Morgan fingerprint density at radius 3 is 3.12 bits per heavy atom. The van der Waals surface area contributed by atoms with Gasteiger partial charge in [-0.2, -0.15) is 0 Å². The van der Waals surface area contributed by atoms with Gasteiger partial charge in [0.1, 0.15) is 0 Å². The number of rotatable bonds is 3. The van der Waals surface area contributed by atoms with Crippen molar-refractivity contribution in [3.8, 4) is 0 Å². The molecular weight excluding hydrogens is 232 g/mol. The van der Waals surface area contributed by atoms with E-state index < -0.39 is 0 Å². The summed E-state index contributed by atoms with van der Waals surface area (Å²) in [5, 5.41) is 5.09. The molecule has 1 aliphatic heterocycles. The van der Waals surface area contributed by atoms with Crippen LogP contribution in [0.3, 0.4) is 0 Å². The minimum atomic E-state index is 0.0922. The summed E-state index contributed by atoms with van der Waals surface area (Å²) in [6.45, 7) is 5.86. The molecule has 3 nitrogen and oxygen atoms in total. The van der Waals surface area contributed by atoms with E-state index >= 15 is 0 Å². The van der Waals surface area contributed by atoms with E-state index in [4.69, 9.17) is 0 Å². The Bertz CT molecular complexity index is 362. The quantitative estimate of drug-likeness (QED) is 0.880. The van der Waals surface area contributed by atoms with Crippen molar-refractivity contribution in [2.45, 2.75) is 32.7 Å². The molecule has 4 heteroatoms. The number of thiophene rings is 1. The molecule has 1 saturated heterocycles. The van der Waals surface area contributed by atoms with Gasteiger partial charge in [0.05, 0.1) is 6.04 Å². The molecule has 1 aliphatic rings. The standard InChI is InChI=1S/C13H20N2OS/c1-10(2)9-14-13(16)15-7-3-5-11(15)12-6-4-8-17-12/h4,6,8,10-11H,3,5,7,9H2,1-2H3,(H,14,16). The van der Waals surface area contributed by atoms with E-state index in [0.717, 1.165) is 25.9 Å². The summed E-state index contributed by atoms with van der Waals surface area (Å²) in [7, 11) is 0. The van der Waals surface area contributed by atoms with Gasteiger partial charge in [0.15, 0.2) is 0 Å². The fourth-order valence-electron chi connectivity index (χ4n) is 2.18.